The van der Waals surface area contributed by atoms with Gasteiger partial charge in [0.1, 0.15) is 10.6 Å². The van der Waals surface area contributed by atoms with Crippen molar-refractivity contribution in [1.29, 1.82) is 0 Å². The van der Waals surface area contributed by atoms with E-state index in [1.165, 1.54) is 23.4 Å². The van der Waals surface area contributed by atoms with E-state index < -0.39 is 10.0 Å². The fourth-order valence-corrected chi connectivity index (χ4v) is 5.69. The molecule has 0 saturated carbocycles. The average Bonchev–Trinajstić information content (AvgIpc) is 2.74. The molecule has 1 fully saturated rings. The Hall–Kier alpha value is -1.93. The molecule has 0 amide bonds. The molecular formula is C22H23BrN2O3S. The minimum atomic E-state index is -3.59. The second-order valence-electron chi connectivity index (χ2n) is 7.11. The van der Waals surface area contributed by atoms with E-state index in [0.29, 0.717) is 31.9 Å². The lowest BCUT2D eigenvalue weighted by molar-refractivity contribution is 0.182. The minimum Gasteiger partial charge on any atom is -0.495 e. The fraction of sp³-hybridized carbons (Fsp3) is 0.273. The topological polar surface area (TPSA) is 49.9 Å². The second kappa shape index (κ2) is 8.44. The number of methoxy groups -OCH3 is 1. The molecule has 7 heteroatoms. The van der Waals surface area contributed by atoms with Crippen LogP contribution in [0.3, 0.4) is 0 Å². The highest BCUT2D eigenvalue weighted by Gasteiger charge is 2.31. The van der Waals surface area contributed by atoms with Gasteiger partial charge in [-0.25, -0.2) is 8.42 Å². The van der Waals surface area contributed by atoms with Gasteiger partial charge in [0, 0.05) is 37.2 Å². The maximum atomic E-state index is 13.1. The molecule has 0 radical (unpaired) electrons. The van der Waals surface area contributed by atoms with E-state index in [4.69, 9.17) is 4.74 Å². The summed E-state index contributed by atoms with van der Waals surface area (Å²) in [6, 6.07) is 19.7. The van der Waals surface area contributed by atoms with Crippen molar-refractivity contribution in [2.75, 3.05) is 33.3 Å². The molecule has 3 aromatic carbocycles. The molecule has 1 saturated heterocycles. The van der Waals surface area contributed by atoms with Crippen LogP contribution in [0.2, 0.25) is 0 Å². The largest absolute Gasteiger partial charge is 0.495 e. The predicted octanol–water partition coefficient (Wildman–Crippen LogP) is 4.12. The highest BCUT2D eigenvalue weighted by Crippen LogP contribution is 2.30. The third-order valence-electron chi connectivity index (χ3n) is 5.35. The minimum absolute atomic E-state index is 0.214. The molecule has 1 heterocycles. The maximum absolute atomic E-state index is 13.1. The van der Waals surface area contributed by atoms with Crippen molar-refractivity contribution in [2.24, 2.45) is 0 Å². The van der Waals surface area contributed by atoms with E-state index in [0.717, 1.165) is 11.0 Å². The summed E-state index contributed by atoms with van der Waals surface area (Å²) in [5.41, 5.74) is 1.27. The molecule has 5 nitrogen and oxygen atoms in total. The first kappa shape index (κ1) is 20.3. The molecule has 0 N–H and O–H groups in total. The zero-order chi connectivity index (χ0) is 20.4. The number of nitrogens with zero attached hydrogens (tertiary/aromatic N) is 2. The van der Waals surface area contributed by atoms with E-state index in [1.54, 1.807) is 22.5 Å². The van der Waals surface area contributed by atoms with Gasteiger partial charge in [-0.2, -0.15) is 4.31 Å². The lowest BCUT2D eigenvalue weighted by atomic mass is 10.0. The summed E-state index contributed by atoms with van der Waals surface area (Å²) < 4.78 is 33.9. The van der Waals surface area contributed by atoms with Crippen LogP contribution in [0.25, 0.3) is 10.8 Å². The normalized spacial score (nSPS) is 16.2. The van der Waals surface area contributed by atoms with Crippen molar-refractivity contribution in [3.63, 3.8) is 0 Å². The molecule has 0 aliphatic carbocycles. The number of piperazine rings is 1. The van der Waals surface area contributed by atoms with Crippen LogP contribution in [-0.2, 0) is 16.6 Å². The number of benzene rings is 3. The van der Waals surface area contributed by atoms with Gasteiger partial charge in [-0.1, -0.05) is 58.4 Å². The van der Waals surface area contributed by atoms with Crippen LogP contribution in [0.1, 0.15) is 5.56 Å². The molecule has 0 atom stereocenters. The Morgan fingerprint density at radius 3 is 2.45 bits per heavy atom. The summed E-state index contributed by atoms with van der Waals surface area (Å²) >= 11 is 3.36. The first-order chi connectivity index (χ1) is 14.0. The molecule has 0 spiro atoms. The number of sulfonamides is 1. The summed E-state index contributed by atoms with van der Waals surface area (Å²) in [5.74, 6) is 0.359. The number of fused-ring (bicyclic) bond motifs is 1. The summed E-state index contributed by atoms with van der Waals surface area (Å²) in [4.78, 5) is 2.53. The van der Waals surface area contributed by atoms with Gasteiger partial charge in [0.05, 0.1) is 7.11 Å². The van der Waals surface area contributed by atoms with Crippen LogP contribution < -0.4 is 4.74 Å². The quantitative estimate of drug-likeness (QED) is 0.557. The number of ether oxygens (including phenoxy) is 1. The number of halogens is 1. The molecule has 0 bridgehead atoms. The Morgan fingerprint density at radius 1 is 0.966 bits per heavy atom. The summed E-state index contributed by atoms with van der Waals surface area (Å²) in [6.45, 7) is 3.14. The predicted molar refractivity (Wildman–Crippen MR) is 119 cm³/mol. The van der Waals surface area contributed by atoms with Crippen LogP contribution in [0, 0.1) is 0 Å². The van der Waals surface area contributed by atoms with E-state index in [1.807, 2.05) is 6.07 Å². The van der Waals surface area contributed by atoms with Crippen molar-refractivity contribution >= 4 is 36.7 Å². The molecular weight excluding hydrogens is 452 g/mol. The smallest absolute Gasteiger partial charge is 0.246 e. The molecule has 152 valence electrons. The Balaban J connectivity index is 1.48. The van der Waals surface area contributed by atoms with E-state index in [9.17, 15) is 8.42 Å². The summed E-state index contributed by atoms with van der Waals surface area (Å²) in [6.07, 6.45) is 0. The Bertz CT molecular complexity index is 1120. The number of hydrogen-bond donors (Lipinski definition) is 0. The maximum Gasteiger partial charge on any atom is 0.246 e. The van der Waals surface area contributed by atoms with Gasteiger partial charge in [-0.05, 0) is 34.5 Å². The zero-order valence-electron chi connectivity index (χ0n) is 16.2. The van der Waals surface area contributed by atoms with Gasteiger partial charge >= 0.3 is 0 Å². The Labute approximate surface area is 180 Å². The number of hydrogen-bond acceptors (Lipinski definition) is 4. The van der Waals surface area contributed by atoms with Crippen molar-refractivity contribution in [1.82, 2.24) is 9.21 Å². The van der Waals surface area contributed by atoms with Crippen molar-refractivity contribution in [3.05, 3.63) is 70.7 Å². The highest BCUT2D eigenvalue weighted by molar-refractivity contribution is 9.10. The third-order valence-corrected chi connectivity index (χ3v) is 7.78. The monoisotopic (exact) mass is 474 g/mol. The molecule has 1 aliphatic rings. The van der Waals surface area contributed by atoms with Gasteiger partial charge in [-0.15, -0.1) is 0 Å². The molecule has 3 aromatic rings. The highest BCUT2D eigenvalue weighted by atomic mass is 79.9. The number of rotatable bonds is 5. The second-order valence-corrected chi connectivity index (χ2v) is 9.94. The van der Waals surface area contributed by atoms with Crippen LogP contribution in [0.15, 0.2) is 70.0 Å². The van der Waals surface area contributed by atoms with Crippen molar-refractivity contribution in [3.8, 4) is 5.75 Å². The molecule has 0 aromatic heterocycles. The standard InChI is InChI=1S/C22H23BrN2O3S/c1-28-21-15-19(23)9-10-22(21)29(26,27)25-13-11-24(12-14-25)16-18-7-4-6-17-5-2-3-8-20(17)18/h2-10,15H,11-14,16H2,1H3. The summed E-state index contributed by atoms with van der Waals surface area (Å²) in [5, 5.41) is 2.48. The van der Waals surface area contributed by atoms with E-state index >= 15 is 0 Å². The van der Waals surface area contributed by atoms with Crippen molar-refractivity contribution in [2.45, 2.75) is 11.4 Å². The van der Waals surface area contributed by atoms with Crippen LogP contribution >= 0.6 is 15.9 Å². The fourth-order valence-electron chi connectivity index (χ4n) is 3.79. The first-order valence-corrected chi connectivity index (χ1v) is 11.7. The SMILES string of the molecule is COc1cc(Br)ccc1S(=O)(=O)N1CCN(Cc2cccc3ccccc23)CC1. The van der Waals surface area contributed by atoms with Gasteiger partial charge in [0.2, 0.25) is 10.0 Å². The molecule has 1 aliphatic heterocycles. The first-order valence-electron chi connectivity index (χ1n) is 9.52. The van der Waals surface area contributed by atoms with E-state index in [-0.39, 0.29) is 4.90 Å². The lowest BCUT2D eigenvalue weighted by Gasteiger charge is -2.34. The average molecular weight is 475 g/mol. The van der Waals surface area contributed by atoms with Gasteiger partial charge in [0.25, 0.3) is 0 Å². The molecule has 4 rings (SSSR count). The van der Waals surface area contributed by atoms with Gasteiger partial charge in [0.15, 0.2) is 0 Å². The Kier molecular flexibility index (Phi) is 5.92. The molecule has 29 heavy (non-hydrogen) atoms. The molecule has 0 unspecified atom stereocenters. The van der Waals surface area contributed by atoms with E-state index in [2.05, 4.69) is 57.2 Å². The Morgan fingerprint density at radius 2 is 1.69 bits per heavy atom. The van der Waals surface area contributed by atoms with Crippen molar-refractivity contribution < 1.29 is 13.2 Å². The van der Waals surface area contributed by atoms with Gasteiger partial charge < -0.3 is 4.74 Å². The van der Waals surface area contributed by atoms with Crippen LogP contribution in [0.5, 0.6) is 5.75 Å². The lowest BCUT2D eigenvalue weighted by Crippen LogP contribution is -2.48. The third kappa shape index (κ3) is 4.19. The van der Waals surface area contributed by atoms with Crippen LogP contribution in [0.4, 0.5) is 0 Å². The summed E-state index contributed by atoms with van der Waals surface area (Å²) in [7, 11) is -2.10. The zero-order valence-corrected chi connectivity index (χ0v) is 18.6. The van der Waals surface area contributed by atoms with Gasteiger partial charge in [-0.3, -0.25) is 4.90 Å². The van der Waals surface area contributed by atoms with Crippen LogP contribution in [-0.4, -0.2) is 50.9 Å².